The lowest BCUT2D eigenvalue weighted by molar-refractivity contribution is 0.644. The molecule has 1 aromatic carbocycles. The second-order valence-electron chi connectivity index (χ2n) is 5.24. The molecule has 16 heavy (non-hydrogen) atoms. The predicted octanol–water partition coefficient (Wildman–Crippen LogP) is 4.64. The molecule has 0 heterocycles. The summed E-state index contributed by atoms with van der Waals surface area (Å²) < 4.78 is 0. The molecule has 0 bridgehead atoms. The molecule has 0 radical (unpaired) electrons. The largest absolute Gasteiger partial charge is 0.0856 e. The van der Waals surface area contributed by atoms with E-state index in [1.165, 1.54) is 17.5 Å². The van der Waals surface area contributed by atoms with Gasteiger partial charge in [0.15, 0.2) is 0 Å². The maximum absolute atomic E-state index is 2.30. The first-order valence-corrected chi connectivity index (χ1v) is 6.33. The van der Waals surface area contributed by atoms with Crippen LogP contribution in [0.3, 0.4) is 0 Å². The van der Waals surface area contributed by atoms with Crippen LogP contribution in [-0.2, 0) is 12.8 Å². The Labute approximate surface area is 100 Å². The van der Waals surface area contributed by atoms with Crippen LogP contribution in [-0.4, -0.2) is 0 Å². The number of benzene rings is 1. The summed E-state index contributed by atoms with van der Waals surface area (Å²) in [5, 5.41) is 0. The third kappa shape index (κ3) is 4.65. The fourth-order valence-electron chi connectivity index (χ4n) is 1.86. The summed E-state index contributed by atoms with van der Waals surface area (Å²) in [7, 11) is 0. The third-order valence-corrected chi connectivity index (χ3v) is 2.61. The van der Waals surface area contributed by atoms with Crippen molar-refractivity contribution < 1.29 is 0 Å². The Morgan fingerprint density at radius 2 is 1.62 bits per heavy atom. The van der Waals surface area contributed by atoms with Crippen LogP contribution in [0.25, 0.3) is 0 Å². The van der Waals surface area contributed by atoms with Crippen molar-refractivity contribution in [3.63, 3.8) is 0 Å². The topological polar surface area (TPSA) is 0 Å². The second kappa shape index (κ2) is 6.52. The highest BCUT2D eigenvalue weighted by Crippen LogP contribution is 2.15. The van der Waals surface area contributed by atoms with Crippen LogP contribution in [0, 0.1) is 11.8 Å². The van der Waals surface area contributed by atoms with Crippen LogP contribution in [0.2, 0.25) is 0 Å². The van der Waals surface area contributed by atoms with Gasteiger partial charge in [-0.25, -0.2) is 0 Å². The van der Waals surface area contributed by atoms with Gasteiger partial charge in [0.1, 0.15) is 0 Å². The molecule has 0 fully saturated rings. The van der Waals surface area contributed by atoms with Crippen molar-refractivity contribution in [3.8, 4) is 0 Å². The number of hydrogen-bond donors (Lipinski definition) is 0. The molecule has 1 rings (SSSR count). The maximum Gasteiger partial charge on any atom is -0.00946 e. The van der Waals surface area contributed by atoms with Gasteiger partial charge in [-0.3, -0.25) is 0 Å². The number of rotatable bonds is 5. The standard InChI is InChI=1S/C16H24/c1-13(2)8-7-11-15-9-5-6-10-16(15)12-14(3)4/h5-10,13-14H,11-12H2,1-4H3/b8-7+. The highest BCUT2D eigenvalue weighted by Gasteiger charge is 2.02. The van der Waals surface area contributed by atoms with Crippen molar-refractivity contribution in [3.05, 3.63) is 47.5 Å². The van der Waals surface area contributed by atoms with E-state index < -0.39 is 0 Å². The molecule has 0 unspecified atom stereocenters. The second-order valence-corrected chi connectivity index (χ2v) is 5.24. The van der Waals surface area contributed by atoms with Gasteiger partial charge in [-0.1, -0.05) is 64.1 Å². The Morgan fingerprint density at radius 3 is 2.19 bits per heavy atom. The zero-order valence-electron chi connectivity index (χ0n) is 11.0. The first kappa shape index (κ1) is 13.0. The van der Waals surface area contributed by atoms with Crippen molar-refractivity contribution >= 4 is 0 Å². The molecule has 1 aromatic rings. The highest BCUT2D eigenvalue weighted by molar-refractivity contribution is 5.29. The molecule has 0 saturated carbocycles. The van der Waals surface area contributed by atoms with Crippen molar-refractivity contribution in [1.82, 2.24) is 0 Å². The van der Waals surface area contributed by atoms with Gasteiger partial charge >= 0.3 is 0 Å². The monoisotopic (exact) mass is 216 g/mol. The van der Waals surface area contributed by atoms with Crippen molar-refractivity contribution in [2.24, 2.45) is 11.8 Å². The zero-order chi connectivity index (χ0) is 12.0. The zero-order valence-corrected chi connectivity index (χ0v) is 11.0. The summed E-state index contributed by atoms with van der Waals surface area (Å²) in [6.45, 7) is 8.99. The Hall–Kier alpha value is -1.04. The molecule has 0 aliphatic carbocycles. The van der Waals surface area contributed by atoms with Gasteiger partial charge in [0.05, 0.1) is 0 Å². The van der Waals surface area contributed by atoms with Gasteiger partial charge < -0.3 is 0 Å². The fraction of sp³-hybridized carbons (Fsp3) is 0.500. The molecule has 0 aliphatic heterocycles. The molecule has 0 spiro atoms. The summed E-state index contributed by atoms with van der Waals surface area (Å²) in [4.78, 5) is 0. The average Bonchev–Trinajstić information content (AvgIpc) is 2.19. The molecule has 0 saturated heterocycles. The van der Waals surface area contributed by atoms with Crippen molar-refractivity contribution in [2.75, 3.05) is 0 Å². The van der Waals surface area contributed by atoms with Gasteiger partial charge in [-0.15, -0.1) is 0 Å². The van der Waals surface area contributed by atoms with E-state index in [2.05, 4.69) is 64.1 Å². The van der Waals surface area contributed by atoms with Gasteiger partial charge in [0.2, 0.25) is 0 Å². The third-order valence-electron chi connectivity index (χ3n) is 2.61. The Morgan fingerprint density at radius 1 is 1.00 bits per heavy atom. The van der Waals surface area contributed by atoms with Gasteiger partial charge in [0, 0.05) is 0 Å². The molecule has 0 atom stereocenters. The van der Waals surface area contributed by atoms with E-state index >= 15 is 0 Å². The molecule has 0 heteroatoms. The molecule has 0 aliphatic rings. The lowest BCUT2D eigenvalue weighted by atomic mass is 9.96. The first-order valence-electron chi connectivity index (χ1n) is 6.33. The van der Waals surface area contributed by atoms with E-state index in [1.54, 1.807) is 0 Å². The summed E-state index contributed by atoms with van der Waals surface area (Å²) in [5.74, 6) is 1.38. The lowest BCUT2D eigenvalue weighted by Crippen LogP contribution is -1.98. The summed E-state index contributed by atoms with van der Waals surface area (Å²) >= 11 is 0. The van der Waals surface area contributed by atoms with Crippen LogP contribution < -0.4 is 0 Å². The number of allylic oxidation sites excluding steroid dienone is 2. The summed E-state index contributed by atoms with van der Waals surface area (Å²) in [6.07, 6.45) is 6.84. The SMILES string of the molecule is CC(C)/C=C/Cc1ccccc1CC(C)C. The van der Waals surface area contributed by atoms with Crippen molar-refractivity contribution in [1.29, 1.82) is 0 Å². The molecule has 0 amide bonds. The maximum atomic E-state index is 2.30. The molecule has 0 nitrogen and oxygen atoms in total. The summed E-state index contributed by atoms with van der Waals surface area (Å²) in [5.41, 5.74) is 2.99. The van der Waals surface area contributed by atoms with E-state index in [4.69, 9.17) is 0 Å². The Kier molecular flexibility index (Phi) is 5.31. The number of hydrogen-bond acceptors (Lipinski definition) is 0. The first-order chi connectivity index (χ1) is 7.59. The van der Waals surface area contributed by atoms with E-state index in [1.807, 2.05) is 0 Å². The Balaban J connectivity index is 2.71. The van der Waals surface area contributed by atoms with Crippen LogP contribution >= 0.6 is 0 Å². The quantitative estimate of drug-likeness (QED) is 0.629. The van der Waals surface area contributed by atoms with Crippen molar-refractivity contribution in [2.45, 2.75) is 40.5 Å². The average molecular weight is 216 g/mol. The van der Waals surface area contributed by atoms with Crippen LogP contribution in [0.15, 0.2) is 36.4 Å². The van der Waals surface area contributed by atoms with E-state index in [-0.39, 0.29) is 0 Å². The molecular formula is C16H24. The van der Waals surface area contributed by atoms with Crippen LogP contribution in [0.4, 0.5) is 0 Å². The summed E-state index contributed by atoms with van der Waals surface area (Å²) in [6, 6.07) is 8.80. The molecule has 88 valence electrons. The van der Waals surface area contributed by atoms with Gasteiger partial charge in [-0.05, 0) is 35.8 Å². The lowest BCUT2D eigenvalue weighted by Gasteiger charge is -2.10. The van der Waals surface area contributed by atoms with Crippen LogP contribution in [0.5, 0.6) is 0 Å². The van der Waals surface area contributed by atoms with Gasteiger partial charge in [0.25, 0.3) is 0 Å². The predicted molar refractivity (Wildman–Crippen MR) is 72.7 cm³/mol. The Bertz CT molecular complexity index is 332. The normalized spacial score (nSPS) is 11.9. The minimum absolute atomic E-state index is 0.650. The highest BCUT2D eigenvalue weighted by atomic mass is 14.1. The van der Waals surface area contributed by atoms with E-state index in [9.17, 15) is 0 Å². The van der Waals surface area contributed by atoms with Gasteiger partial charge in [-0.2, -0.15) is 0 Å². The fourth-order valence-corrected chi connectivity index (χ4v) is 1.86. The molecular weight excluding hydrogens is 192 g/mol. The van der Waals surface area contributed by atoms with Crippen LogP contribution in [0.1, 0.15) is 38.8 Å². The smallest absolute Gasteiger partial charge is 0.00946 e. The minimum Gasteiger partial charge on any atom is -0.0856 e. The van der Waals surface area contributed by atoms with E-state index in [0.29, 0.717) is 5.92 Å². The minimum atomic E-state index is 0.650. The molecule has 0 aromatic heterocycles. The molecule has 0 N–H and O–H groups in total. The van der Waals surface area contributed by atoms with E-state index in [0.717, 1.165) is 12.3 Å².